The number of carbonyl (C=O) groups excluding carboxylic acids is 1. The molecule has 0 saturated heterocycles. The zero-order valence-electron chi connectivity index (χ0n) is 15.0. The Labute approximate surface area is 165 Å². The SMILES string of the molecule is O=C(CN1C2=NCCN2c2ccccc21)C12CC3CC(CC(C3)C1)C2.[Br-]. The molecule has 0 unspecified atom stereocenters. The Bertz CT molecular complexity index is 754. The molecule has 5 heteroatoms. The lowest BCUT2D eigenvalue weighted by Gasteiger charge is -2.56. The largest absolute Gasteiger partial charge is 1.00 e. The van der Waals surface area contributed by atoms with Crippen molar-refractivity contribution in [2.24, 2.45) is 28.2 Å². The lowest BCUT2D eigenvalue weighted by Crippen LogP contribution is -3.00. The normalized spacial score (nSPS) is 35.8. The number of aliphatic imine (C=N–C) groups is 1. The molecule has 7 rings (SSSR count). The smallest absolute Gasteiger partial charge is 0.206 e. The van der Waals surface area contributed by atoms with Crippen molar-refractivity contribution in [1.82, 2.24) is 0 Å². The fourth-order valence-electron chi connectivity index (χ4n) is 6.84. The highest BCUT2D eigenvalue weighted by Crippen LogP contribution is 2.60. The van der Waals surface area contributed by atoms with E-state index in [-0.39, 0.29) is 22.4 Å². The second-order valence-corrected chi connectivity index (χ2v) is 9.03. The van der Waals surface area contributed by atoms with E-state index < -0.39 is 0 Å². The van der Waals surface area contributed by atoms with Gasteiger partial charge in [0.05, 0.1) is 24.5 Å². The molecule has 4 saturated carbocycles. The maximum atomic E-state index is 13.5. The number of rotatable bonds is 3. The number of carbonyl (C=O) groups is 1. The van der Waals surface area contributed by atoms with Crippen molar-refractivity contribution >= 4 is 23.1 Å². The number of anilines is 2. The Hall–Kier alpha value is -1.36. The molecule has 2 aliphatic heterocycles. The number of nitrogens with zero attached hydrogens (tertiary/aromatic N) is 3. The van der Waals surface area contributed by atoms with Crippen molar-refractivity contribution in [2.45, 2.75) is 38.5 Å². The number of halogens is 1. The minimum Gasteiger partial charge on any atom is -1.00 e. The highest BCUT2D eigenvalue weighted by Gasteiger charge is 2.54. The molecule has 4 aliphatic carbocycles. The lowest BCUT2D eigenvalue weighted by molar-refractivity contribution is -0.142. The first-order valence-corrected chi connectivity index (χ1v) is 9.94. The van der Waals surface area contributed by atoms with E-state index >= 15 is 0 Å². The third kappa shape index (κ3) is 2.25. The molecule has 1 aromatic rings. The van der Waals surface area contributed by atoms with Crippen molar-refractivity contribution in [3.63, 3.8) is 0 Å². The van der Waals surface area contributed by atoms with Gasteiger partial charge in [-0.2, -0.15) is 0 Å². The van der Waals surface area contributed by atoms with Crippen molar-refractivity contribution in [3.05, 3.63) is 24.3 Å². The van der Waals surface area contributed by atoms with Crippen LogP contribution in [0.2, 0.25) is 0 Å². The van der Waals surface area contributed by atoms with Gasteiger partial charge in [-0.25, -0.2) is 0 Å². The molecule has 4 fully saturated rings. The molecule has 2 heterocycles. The summed E-state index contributed by atoms with van der Waals surface area (Å²) < 4.78 is 0. The lowest BCUT2D eigenvalue weighted by atomic mass is 9.48. The van der Waals surface area contributed by atoms with Gasteiger partial charge in [-0.15, -0.1) is 0 Å². The van der Waals surface area contributed by atoms with Gasteiger partial charge in [0, 0.05) is 12.0 Å². The number of ketones is 1. The molecule has 6 aliphatic rings. The molecule has 26 heavy (non-hydrogen) atoms. The first-order valence-electron chi connectivity index (χ1n) is 9.94. The maximum absolute atomic E-state index is 13.5. The molecule has 0 atom stereocenters. The number of fused-ring (bicyclic) bond motifs is 3. The number of guanidine groups is 1. The Morgan fingerprint density at radius 1 is 1.04 bits per heavy atom. The zero-order chi connectivity index (χ0) is 16.6. The highest BCUT2D eigenvalue weighted by atomic mass is 79.9. The van der Waals surface area contributed by atoms with E-state index in [1.165, 1.54) is 30.6 Å². The summed E-state index contributed by atoms with van der Waals surface area (Å²) in [6.45, 7) is 2.29. The Morgan fingerprint density at radius 3 is 2.31 bits per heavy atom. The number of para-hydroxylation sites is 2. The van der Waals surface area contributed by atoms with Crippen LogP contribution in [-0.4, -0.2) is 31.4 Å². The average Bonchev–Trinajstić information content (AvgIpc) is 3.17. The molecular formula is C21H25BrN3O-. The van der Waals surface area contributed by atoms with Crippen molar-refractivity contribution in [3.8, 4) is 0 Å². The molecule has 0 spiro atoms. The van der Waals surface area contributed by atoms with Crippen molar-refractivity contribution in [2.75, 3.05) is 29.4 Å². The number of Topliss-reactive ketones (excluding diaryl/α,β-unsaturated/α-hetero) is 1. The predicted molar refractivity (Wildman–Crippen MR) is 99.0 cm³/mol. The summed E-state index contributed by atoms with van der Waals surface area (Å²) in [4.78, 5) is 22.7. The van der Waals surface area contributed by atoms with Crippen LogP contribution in [0.3, 0.4) is 0 Å². The average molecular weight is 415 g/mol. The van der Waals surface area contributed by atoms with Gasteiger partial charge in [-0.05, 0) is 68.4 Å². The van der Waals surface area contributed by atoms with Crippen molar-refractivity contribution < 1.29 is 21.8 Å². The van der Waals surface area contributed by atoms with Gasteiger partial charge in [0.25, 0.3) is 0 Å². The summed E-state index contributed by atoms with van der Waals surface area (Å²) in [5.74, 6) is 3.95. The van der Waals surface area contributed by atoms with Crippen LogP contribution in [0.25, 0.3) is 0 Å². The van der Waals surface area contributed by atoms with Gasteiger partial charge in [0.15, 0.2) is 5.78 Å². The first kappa shape index (κ1) is 16.8. The molecule has 0 N–H and O–H groups in total. The van der Waals surface area contributed by atoms with Gasteiger partial charge in [-0.3, -0.25) is 9.79 Å². The number of hydrogen-bond acceptors (Lipinski definition) is 4. The van der Waals surface area contributed by atoms with Gasteiger partial charge in [-0.1, -0.05) is 12.1 Å². The minimum atomic E-state index is -0.0176. The van der Waals surface area contributed by atoms with Crippen LogP contribution in [0, 0.1) is 23.2 Å². The third-order valence-electron chi connectivity index (χ3n) is 7.45. The second-order valence-electron chi connectivity index (χ2n) is 9.03. The quantitative estimate of drug-likeness (QED) is 0.721. The topological polar surface area (TPSA) is 35.9 Å². The summed E-state index contributed by atoms with van der Waals surface area (Å²) in [5, 5.41) is 0. The monoisotopic (exact) mass is 414 g/mol. The molecule has 0 radical (unpaired) electrons. The van der Waals surface area contributed by atoms with Gasteiger partial charge < -0.3 is 26.8 Å². The fraction of sp³-hybridized carbons (Fsp3) is 0.619. The molecule has 0 aromatic heterocycles. The van der Waals surface area contributed by atoms with Crippen LogP contribution in [0.4, 0.5) is 11.4 Å². The summed E-state index contributed by atoms with van der Waals surface area (Å²) in [6, 6.07) is 8.46. The van der Waals surface area contributed by atoms with Crippen LogP contribution < -0.4 is 26.8 Å². The summed E-state index contributed by atoms with van der Waals surface area (Å²) in [6.07, 6.45) is 7.63. The van der Waals surface area contributed by atoms with Crippen molar-refractivity contribution in [1.29, 1.82) is 0 Å². The van der Waals surface area contributed by atoms with E-state index in [4.69, 9.17) is 4.99 Å². The summed E-state index contributed by atoms with van der Waals surface area (Å²) in [7, 11) is 0. The highest BCUT2D eigenvalue weighted by molar-refractivity contribution is 6.19. The molecule has 4 bridgehead atoms. The Morgan fingerprint density at radius 2 is 1.65 bits per heavy atom. The predicted octanol–water partition coefficient (Wildman–Crippen LogP) is 0.472. The van der Waals surface area contributed by atoms with Gasteiger partial charge >= 0.3 is 0 Å². The summed E-state index contributed by atoms with van der Waals surface area (Å²) >= 11 is 0. The number of hydrogen-bond donors (Lipinski definition) is 0. The number of benzene rings is 1. The van der Waals surface area contributed by atoms with Crippen LogP contribution in [0.1, 0.15) is 38.5 Å². The first-order chi connectivity index (χ1) is 12.2. The molecular weight excluding hydrogens is 390 g/mol. The maximum Gasteiger partial charge on any atom is 0.206 e. The Balaban J connectivity index is 0.00000150. The molecule has 4 nitrogen and oxygen atoms in total. The minimum absolute atomic E-state index is 0. The molecule has 138 valence electrons. The van der Waals surface area contributed by atoms with Crippen LogP contribution in [0.5, 0.6) is 0 Å². The van der Waals surface area contributed by atoms with Gasteiger partial charge in [0.2, 0.25) is 5.96 Å². The Kier molecular flexibility index (Phi) is 3.76. The standard InChI is InChI=1S/C21H25N3O.BrH/c25-19(21-10-14-7-15(11-21)9-16(8-14)12-21)13-24-18-4-2-1-3-17(18)23-6-5-22-20(23)24;/h1-4,14-16H,5-13H2;1H/p-1. The van der Waals surface area contributed by atoms with E-state index in [1.807, 2.05) is 0 Å². The fourth-order valence-corrected chi connectivity index (χ4v) is 6.84. The summed E-state index contributed by atoms with van der Waals surface area (Å²) in [5.41, 5.74) is 2.37. The van der Waals surface area contributed by atoms with E-state index in [0.29, 0.717) is 12.3 Å². The molecule has 1 aromatic carbocycles. The van der Waals surface area contributed by atoms with E-state index in [1.54, 1.807) is 0 Å². The van der Waals surface area contributed by atoms with E-state index in [9.17, 15) is 4.79 Å². The van der Waals surface area contributed by atoms with Gasteiger partial charge in [0.1, 0.15) is 0 Å². The van der Waals surface area contributed by atoms with Crippen LogP contribution >= 0.6 is 0 Å². The van der Waals surface area contributed by atoms with E-state index in [0.717, 1.165) is 56.1 Å². The zero-order valence-corrected chi connectivity index (χ0v) is 16.6. The second kappa shape index (κ2) is 5.82. The van der Waals surface area contributed by atoms with Crippen LogP contribution in [-0.2, 0) is 4.79 Å². The van der Waals surface area contributed by atoms with Crippen LogP contribution in [0.15, 0.2) is 29.3 Å². The van der Waals surface area contributed by atoms with E-state index in [2.05, 4.69) is 34.1 Å². The third-order valence-corrected chi connectivity index (χ3v) is 7.45. The molecule has 0 amide bonds.